The van der Waals surface area contributed by atoms with Crippen molar-refractivity contribution in [3.8, 4) is 0 Å². The number of sulfonamides is 1. The molecule has 2 aromatic carbocycles. The third-order valence-corrected chi connectivity index (χ3v) is 4.69. The Hall–Kier alpha value is -2.05. The van der Waals surface area contributed by atoms with Gasteiger partial charge in [-0.15, -0.1) is 0 Å². The summed E-state index contributed by atoms with van der Waals surface area (Å²) in [6.45, 7) is 1.84. The molecule has 0 aliphatic rings. The Labute approximate surface area is 133 Å². The second-order valence-electron chi connectivity index (χ2n) is 4.58. The average molecular weight is 340 g/mol. The van der Waals surface area contributed by atoms with Crippen LogP contribution >= 0.6 is 11.6 Å². The number of anilines is 1. The van der Waals surface area contributed by atoms with E-state index in [-0.39, 0.29) is 21.2 Å². The van der Waals surface area contributed by atoms with E-state index in [0.29, 0.717) is 0 Å². The van der Waals surface area contributed by atoms with Crippen LogP contribution in [0.15, 0.2) is 47.4 Å². The van der Waals surface area contributed by atoms with Gasteiger partial charge in [0, 0.05) is 0 Å². The summed E-state index contributed by atoms with van der Waals surface area (Å²) in [7, 11) is -2.78. The van der Waals surface area contributed by atoms with Crippen molar-refractivity contribution in [2.24, 2.45) is 0 Å². The first-order valence-corrected chi connectivity index (χ1v) is 8.17. The summed E-state index contributed by atoms with van der Waals surface area (Å²) < 4.78 is 32.0. The fourth-order valence-electron chi connectivity index (χ4n) is 1.88. The molecule has 1 N–H and O–H groups in total. The molecular weight excluding hydrogens is 326 g/mol. The number of rotatable bonds is 4. The number of ether oxygens (including phenoxy) is 1. The highest BCUT2D eigenvalue weighted by atomic mass is 35.5. The topological polar surface area (TPSA) is 72.5 Å². The van der Waals surface area contributed by atoms with Gasteiger partial charge in [0.15, 0.2) is 0 Å². The van der Waals surface area contributed by atoms with E-state index >= 15 is 0 Å². The Morgan fingerprint density at radius 1 is 1.18 bits per heavy atom. The number of hydrogen-bond acceptors (Lipinski definition) is 4. The lowest BCUT2D eigenvalue weighted by Crippen LogP contribution is -2.17. The molecule has 0 saturated heterocycles. The summed E-state index contributed by atoms with van der Waals surface area (Å²) in [5.74, 6) is -0.726. The summed E-state index contributed by atoms with van der Waals surface area (Å²) >= 11 is 6.03. The molecule has 22 heavy (non-hydrogen) atoms. The maximum Gasteiger partial charge on any atom is 0.339 e. The van der Waals surface area contributed by atoms with Crippen LogP contribution < -0.4 is 4.72 Å². The van der Waals surface area contributed by atoms with Gasteiger partial charge in [-0.3, -0.25) is 4.72 Å². The highest BCUT2D eigenvalue weighted by Crippen LogP contribution is 2.26. The number of esters is 1. The number of carbonyl (C=O) groups is 1. The number of aryl methyl sites for hydroxylation is 1. The molecule has 0 heterocycles. The maximum atomic E-state index is 12.5. The zero-order valence-corrected chi connectivity index (χ0v) is 13.5. The van der Waals surface area contributed by atoms with E-state index in [1.54, 1.807) is 24.3 Å². The fourth-order valence-corrected chi connectivity index (χ4v) is 3.50. The number of halogens is 1. The summed E-state index contributed by atoms with van der Waals surface area (Å²) in [4.78, 5) is 11.5. The molecule has 0 atom stereocenters. The number of carbonyl (C=O) groups excluding carboxylic acids is 1. The monoisotopic (exact) mass is 339 g/mol. The SMILES string of the molecule is COC(=O)c1ccccc1S(=O)(=O)Nc1ccc(C)cc1Cl. The third kappa shape index (κ3) is 3.40. The van der Waals surface area contributed by atoms with E-state index in [9.17, 15) is 13.2 Å². The van der Waals surface area contributed by atoms with E-state index < -0.39 is 16.0 Å². The first-order chi connectivity index (χ1) is 10.3. The molecule has 0 fully saturated rings. The standard InChI is InChI=1S/C15H14ClNO4S/c1-10-7-8-13(12(16)9-10)17-22(19,20)14-6-4-3-5-11(14)15(18)21-2/h3-9,17H,1-2H3. The van der Waals surface area contributed by atoms with E-state index in [4.69, 9.17) is 11.6 Å². The lowest BCUT2D eigenvalue weighted by Gasteiger charge is -2.12. The highest BCUT2D eigenvalue weighted by Gasteiger charge is 2.23. The predicted octanol–water partition coefficient (Wildman–Crippen LogP) is 3.24. The van der Waals surface area contributed by atoms with Crippen LogP contribution in [0.4, 0.5) is 5.69 Å². The van der Waals surface area contributed by atoms with Crippen LogP contribution in [-0.2, 0) is 14.8 Å². The molecule has 0 aliphatic heterocycles. The number of nitrogens with one attached hydrogen (secondary N) is 1. The average Bonchev–Trinajstić information content (AvgIpc) is 2.49. The Kier molecular flexibility index (Phi) is 4.73. The molecule has 0 unspecified atom stereocenters. The van der Waals surface area contributed by atoms with Crippen LogP contribution in [0.3, 0.4) is 0 Å². The third-order valence-electron chi connectivity index (χ3n) is 2.95. The first-order valence-electron chi connectivity index (χ1n) is 6.31. The van der Waals surface area contributed by atoms with Crippen molar-refractivity contribution in [3.63, 3.8) is 0 Å². The van der Waals surface area contributed by atoms with Crippen molar-refractivity contribution in [2.75, 3.05) is 11.8 Å². The van der Waals surface area contributed by atoms with E-state index in [0.717, 1.165) is 5.56 Å². The van der Waals surface area contributed by atoms with Crippen LogP contribution in [0.2, 0.25) is 5.02 Å². The van der Waals surface area contributed by atoms with Gasteiger partial charge in [0.2, 0.25) is 0 Å². The molecular formula is C15H14ClNO4S. The normalized spacial score (nSPS) is 11.0. The summed E-state index contributed by atoms with van der Waals surface area (Å²) in [5, 5.41) is 0.277. The van der Waals surface area contributed by atoms with Crippen molar-refractivity contribution in [3.05, 3.63) is 58.6 Å². The van der Waals surface area contributed by atoms with Gasteiger partial charge in [0.05, 0.1) is 23.4 Å². The van der Waals surface area contributed by atoms with Crippen LogP contribution in [0, 0.1) is 6.92 Å². The molecule has 0 radical (unpaired) electrons. The van der Waals surface area contributed by atoms with Gasteiger partial charge in [-0.25, -0.2) is 13.2 Å². The van der Waals surface area contributed by atoms with Crippen molar-refractivity contribution < 1.29 is 17.9 Å². The first kappa shape index (κ1) is 16.3. The van der Waals surface area contributed by atoms with Crippen LogP contribution in [0.5, 0.6) is 0 Å². The zero-order valence-electron chi connectivity index (χ0n) is 12.0. The minimum atomic E-state index is -3.97. The molecule has 2 rings (SSSR count). The van der Waals surface area contributed by atoms with Gasteiger partial charge in [0.25, 0.3) is 10.0 Å². The van der Waals surface area contributed by atoms with Crippen molar-refractivity contribution in [1.82, 2.24) is 0 Å². The Morgan fingerprint density at radius 2 is 1.86 bits per heavy atom. The Balaban J connectivity index is 2.45. The molecule has 5 nitrogen and oxygen atoms in total. The minimum Gasteiger partial charge on any atom is -0.465 e. The molecule has 0 aliphatic carbocycles. The largest absolute Gasteiger partial charge is 0.465 e. The zero-order chi connectivity index (χ0) is 16.3. The predicted molar refractivity (Wildman–Crippen MR) is 84.8 cm³/mol. The molecule has 0 bridgehead atoms. The second kappa shape index (κ2) is 6.37. The highest BCUT2D eigenvalue weighted by molar-refractivity contribution is 7.92. The molecule has 7 heteroatoms. The molecule has 116 valence electrons. The van der Waals surface area contributed by atoms with Crippen LogP contribution in [-0.4, -0.2) is 21.5 Å². The van der Waals surface area contributed by atoms with Gasteiger partial charge in [-0.2, -0.15) is 0 Å². The van der Waals surface area contributed by atoms with Crippen LogP contribution in [0.25, 0.3) is 0 Å². The fraction of sp³-hybridized carbons (Fsp3) is 0.133. The van der Waals surface area contributed by atoms with E-state index in [1.165, 1.54) is 25.3 Å². The molecule has 2 aromatic rings. The molecule has 0 spiro atoms. The Bertz CT molecular complexity index is 818. The number of benzene rings is 2. The van der Waals surface area contributed by atoms with Gasteiger partial charge in [0.1, 0.15) is 4.90 Å². The number of methoxy groups -OCH3 is 1. The van der Waals surface area contributed by atoms with Crippen molar-refractivity contribution >= 4 is 33.3 Å². The van der Waals surface area contributed by atoms with Crippen molar-refractivity contribution in [2.45, 2.75) is 11.8 Å². The van der Waals surface area contributed by atoms with E-state index in [2.05, 4.69) is 9.46 Å². The molecule has 0 saturated carbocycles. The smallest absolute Gasteiger partial charge is 0.339 e. The van der Waals surface area contributed by atoms with Crippen LogP contribution in [0.1, 0.15) is 15.9 Å². The lowest BCUT2D eigenvalue weighted by molar-refractivity contribution is 0.0596. The lowest BCUT2D eigenvalue weighted by atomic mass is 10.2. The molecule has 0 aromatic heterocycles. The molecule has 0 amide bonds. The maximum absolute atomic E-state index is 12.5. The van der Waals surface area contributed by atoms with Crippen molar-refractivity contribution in [1.29, 1.82) is 0 Å². The van der Waals surface area contributed by atoms with Gasteiger partial charge in [-0.05, 0) is 36.8 Å². The van der Waals surface area contributed by atoms with Gasteiger partial charge >= 0.3 is 5.97 Å². The van der Waals surface area contributed by atoms with Gasteiger partial charge < -0.3 is 4.74 Å². The minimum absolute atomic E-state index is 0.0410. The number of hydrogen-bond donors (Lipinski definition) is 1. The summed E-state index contributed by atoms with van der Waals surface area (Å²) in [6, 6.07) is 10.7. The van der Waals surface area contributed by atoms with Gasteiger partial charge in [-0.1, -0.05) is 29.8 Å². The Morgan fingerprint density at radius 3 is 2.50 bits per heavy atom. The quantitative estimate of drug-likeness (QED) is 0.868. The van der Waals surface area contributed by atoms with E-state index in [1.807, 2.05) is 6.92 Å². The second-order valence-corrected chi connectivity index (χ2v) is 6.63. The summed E-state index contributed by atoms with van der Waals surface area (Å²) in [6.07, 6.45) is 0. The summed E-state index contributed by atoms with van der Waals surface area (Å²) in [5.41, 5.74) is 1.11.